The Labute approximate surface area is 234 Å². The number of carbonyl (C=O) groups is 1. The van der Waals surface area contributed by atoms with Gasteiger partial charge in [0.2, 0.25) is 0 Å². The number of nitrogens with one attached hydrogen (secondary N) is 1. The fourth-order valence-corrected chi connectivity index (χ4v) is 5.95. The molecule has 3 aliphatic rings. The number of fused-ring (bicyclic) bond motifs is 2. The summed E-state index contributed by atoms with van der Waals surface area (Å²) in [5.74, 6) is 0.856. The van der Waals surface area contributed by atoms with Crippen LogP contribution in [0.1, 0.15) is 32.0 Å². The topological polar surface area (TPSA) is 103 Å². The van der Waals surface area contributed by atoms with E-state index in [-0.39, 0.29) is 5.54 Å². The lowest BCUT2D eigenvalue weighted by Gasteiger charge is -2.47. The standard InChI is InChI=1S/C30H38N6O4/c1-29(2)30(3,40-18-12-31-29)20-39-27-32-24-19-36(25-10-6-8-21-7-4-5-9-22(21)25)13-11-23(24)26(33-27)34-14-16-35(17-15-34)28(37)38/h4-10,31H,11-20H2,1-3H3,(H,37,38). The summed E-state index contributed by atoms with van der Waals surface area (Å²) in [6, 6.07) is 15.2. The molecule has 1 aromatic heterocycles. The van der Waals surface area contributed by atoms with Gasteiger partial charge < -0.3 is 34.6 Å². The van der Waals surface area contributed by atoms with E-state index in [1.165, 1.54) is 21.4 Å². The summed E-state index contributed by atoms with van der Waals surface area (Å²) in [6.45, 7) is 11.6. The van der Waals surface area contributed by atoms with Crippen molar-refractivity contribution in [2.45, 2.75) is 44.9 Å². The average molecular weight is 547 g/mol. The SMILES string of the molecule is CC1(C)NCCOC1(C)COc1nc2c(c(N3CCN(C(=O)O)CC3)n1)CCN(c1cccc3ccccc13)C2. The summed E-state index contributed by atoms with van der Waals surface area (Å²) in [7, 11) is 0. The number of ether oxygens (including phenoxy) is 2. The molecule has 1 amide bonds. The number of anilines is 2. The van der Waals surface area contributed by atoms with Crippen molar-refractivity contribution in [1.29, 1.82) is 0 Å². The molecular formula is C30H38N6O4. The maximum Gasteiger partial charge on any atom is 0.407 e. The Morgan fingerprint density at radius 2 is 1.80 bits per heavy atom. The van der Waals surface area contributed by atoms with Gasteiger partial charge in [-0.1, -0.05) is 36.4 Å². The van der Waals surface area contributed by atoms with E-state index < -0.39 is 11.7 Å². The largest absolute Gasteiger partial charge is 0.465 e. The monoisotopic (exact) mass is 546 g/mol. The second-order valence-electron chi connectivity index (χ2n) is 11.6. The predicted octanol–water partition coefficient (Wildman–Crippen LogP) is 3.53. The summed E-state index contributed by atoms with van der Waals surface area (Å²) >= 11 is 0. The van der Waals surface area contributed by atoms with Crippen LogP contribution in [0.4, 0.5) is 16.3 Å². The third-order valence-electron chi connectivity index (χ3n) is 8.87. The number of piperazine rings is 1. The van der Waals surface area contributed by atoms with Gasteiger partial charge in [0, 0.05) is 61.4 Å². The van der Waals surface area contributed by atoms with Crippen molar-refractivity contribution >= 4 is 28.4 Å². The van der Waals surface area contributed by atoms with Gasteiger partial charge >= 0.3 is 12.1 Å². The minimum Gasteiger partial charge on any atom is -0.465 e. The number of morpholine rings is 1. The van der Waals surface area contributed by atoms with E-state index in [1.807, 2.05) is 0 Å². The Kier molecular flexibility index (Phi) is 6.92. The minimum absolute atomic E-state index is 0.277. The second kappa shape index (κ2) is 10.4. The van der Waals surface area contributed by atoms with E-state index in [4.69, 9.17) is 19.4 Å². The first-order valence-electron chi connectivity index (χ1n) is 14.1. The Morgan fingerprint density at radius 1 is 1.02 bits per heavy atom. The van der Waals surface area contributed by atoms with E-state index >= 15 is 0 Å². The minimum atomic E-state index is -0.879. The van der Waals surface area contributed by atoms with Crippen LogP contribution in [0.5, 0.6) is 6.01 Å². The fraction of sp³-hybridized carbons (Fsp3) is 0.500. The van der Waals surface area contributed by atoms with Gasteiger partial charge in [0.15, 0.2) is 0 Å². The van der Waals surface area contributed by atoms with Crippen molar-refractivity contribution in [3.05, 3.63) is 53.7 Å². The van der Waals surface area contributed by atoms with Crippen molar-refractivity contribution in [1.82, 2.24) is 20.2 Å². The molecule has 2 aromatic carbocycles. The zero-order chi connectivity index (χ0) is 27.9. The molecule has 2 N–H and O–H groups in total. The molecule has 0 radical (unpaired) electrons. The van der Waals surface area contributed by atoms with Crippen LogP contribution in [0, 0.1) is 0 Å². The molecule has 1 unspecified atom stereocenters. The lowest BCUT2D eigenvalue weighted by Crippen LogP contribution is -2.66. The number of hydrogen-bond donors (Lipinski definition) is 2. The quantitative estimate of drug-likeness (QED) is 0.498. The van der Waals surface area contributed by atoms with Crippen LogP contribution < -0.4 is 19.9 Å². The third-order valence-corrected chi connectivity index (χ3v) is 8.87. The lowest BCUT2D eigenvalue weighted by molar-refractivity contribution is -0.136. The number of nitrogens with zero attached hydrogens (tertiary/aromatic N) is 5. The highest BCUT2D eigenvalue weighted by molar-refractivity contribution is 5.94. The summed E-state index contributed by atoms with van der Waals surface area (Å²) < 4.78 is 12.5. The predicted molar refractivity (Wildman–Crippen MR) is 154 cm³/mol. The Balaban J connectivity index is 1.32. The van der Waals surface area contributed by atoms with Crippen molar-refractivity contribution in [2.75, 3.05) is 62.3 Å². The molecule has 4 heterocycles. The van der Waals surface area contributed by atoms with Gasteiger partial charge in [-0.3, -0.25) is 0 Å². The molecule has 3 aromatic rings. The lowest BCUT2D eigenvalue weighted by atomic mass is 9.83. The molecule has 0 aliphatic carbocycles. The molecule has 10 nitrogen and oxygen atoms in total. The third kappa shape index (κ3) is 4.90. The molecule has 2 fully saturated rings. The van der Waals surface area contributed by atoms with Gasteiger partial charge in [0.1, 0.15) is 18.0 Å². The zero-order valence-corrected chi connectivity index (χ0v) is 23.5. The Bertz CT molecular complexity index is 1400. The molecule has 212 valence electrons. The summed E-state index contributed by atoms with van der Waals surface area (Å²) in [6.07, 6.45) is -0.0819. The maximum atomic E-state index is 11.5. The van der Waals surface area contributed by atoms with Crippen LogP contribution in [0.15, 0.2) is 42.5 Å². The van der Waals surface area contributed by atoms with E-state index in [0.29, 0.717) is 51.9 Å². The van der Waals surface area contributed by atoms with E-state index in [2.05, 4.69) is 78.4 Å². The number of rotatable bonds is 5. The first-order chi connectivity index (χ1) is 19.2. The molecule has 10 heteroatoms. The maximum absolute atomic E-state index is 11.5. The molecule has 1 atom stereocenters. The zero-order valence-electron chi connectivity index (χ0n) is 23.5. The normalized spacial score (nSPS) is 22.7. The number of amides is 1. The molecule has 3 aliphatic heterocycles. The van der Waals surface area contributed by atoms with Crippen LogP contribution in [0.25, 0.3) is 10.8 Å². The van der Waals surface area contributed by atoms with Gasteiger partial charge in [-0.05, 0) is 38.6 Å². The molecule has 0 spiro atoms. The molecule has 2 saturated heterocycles. The fourth-order valence-electron chi connectivity index (χ4n) is 5.95. The van der Waals surface area contributed by atoms with Gasteiger partial charge in [-0.15, -0.1) is 0 Å². The average Bonchev–Trinajstić information content (AvgIpc) is 2.96. The highest BCUT2D eigenvalue weighted by atomic mass is 16.6. The molecular weight excluding hydrogens is 508 g/mol. The van der Waals surface area contributed by atoms with Crippen LogP contribution in [0.3, 0.4) is 0 Å². The highest BCUT2D eigenvalue weighted by Gasteiger charge is 2.45. The first kappa shape index (κ1) is 26.6. The van der Waals surface area contributed by atoms with E-state index in [1.54, 1.807) is 0 Å². The van der Waals surface area contributed by atoms with E-state index in [0.717, 1.165) is 36.6 Å². The van der Waals surface area contributed by atoms with Gasteiger partial charge in [-0.2, -0.15) is 9.97 Å². The number of carboxylic acid groups (broad SMARTS) is 1. The summed E-state index contributed by atoms with van der Waals surface area (Å²) in [4.78, 5) is 27.4. The first-order valence-corrected chi connectivity index (χ1v) is 14.1. The van der Waals surface area contributed by atoms with Crippen LogP contribution in [0.2, 0.25) is 0 Å². The van der Waals surface area contributed by atoms with Crippen molar-refractivity contribution < 1.29 is 19.4 Å². The Morgan fingerprint density at radius 3 is 2.58 bits per heavy atom. The molecule has 6 rings (SSSR count). The van der Waals surface area contributed by atoms with Gasteiger partial charge in [0.25, 0.3) is 0 Å². The highest BCUT2D eigenvalue weighted by Crippen LogP contribution is 2.35. The molecule has 0 saturated carbocycles. The van der Waals surface area contributed by atoms with Crippen molar-refractivity contribution in [2.24, 2.45) is 0 Å². The molecule has 40 heavy (non-hydrogen) atoms. The van der Waals surface area contributed by atoms with Crippen LogP contribution in [-0.2, 0) is 17.7 Å². The smallest absolute Gasteiger partial charge is 0.407 e. The summed E-state index contributed by atoms with van der Waals surface area (Å²) in [5, 5.41) is 15.4. The van der Waals surface area contributed by atoms with E-state index in [9.17, 15) is 9.90 Å². The van der Waals surface area contributed by atoms with Crippen molar-refractivity contribution in [3.8, 4) is 6.01 Å². The number of benzene rings is 2. The number of hydrogen-bond acceptors (Lipinski definition) is 8. The number of aromatic nitrogens is 2. The van der Waals surface area contributed by atoms with Crippen molar-refractivity contribution in [3.63, 3.8) is 0 Å². The summed E-state index contributed by atoms with van der Waals surface area (Å²) in [5.41, 5.74) is 2.44. The van der Waals surface area contributed by atoms with Gasteiger partial charge in [-0.25, -0.2) is 4.79 Å². The van der Waals surface area contributed by atoms with Gasteiger partial charge in [0.05, 0.1) is 18.8 Å². The second-order valence-corrected chi connectivity index (χ2v) is 11.6. The van der Waals surface area contributed by atoms with Crippen LogP contribution in [-0.4, -0.2) is 89.7 Å². The molecule has 0 bridgehead atoms. The Hall–Kier alpha value is -3.63. The van der Waals surface area contributed by atoms with Crippen LogP contribution >= 0.6 is 0 Å².